The van der Waals surface area contributed by atoms with Gasteiger partial charge in [0.1, 0.15) is 16.0 Å². The molecule has 1 aliphatic heterocycles. The third kappa shape index (κ3) is 3.09. The van der Waals surface area contributed by atoms with Crippen LogP contribution >= 0.6 is 11.3 Å². The number of furan rings is 1. The van der Waals surface area contributed by atoms with E-state index in [9.17, 15) is 25.0 Å². The summed E-state index contributed by atoms with van der Waals surface area (Å²) in [6.07, 6.45) is 0.00221. The number of anilines is 1. The zero-order valence-electron chi connectivity index (χ0n) is 13.5. The molecule has 0 aromatic carbocycles. The summed E-state index contributed by atoms with van der Waals surface area (Å²) in [5, 5.41) is 22.9. The molecule has 1 N–H and O–H groups in total. The smallest absolute Gasteiger partial charge is 0.433 e. The molecule has 0 fully saturated rings. The summed E-state index contributed by atoms with van der Waals surface area (Å²) < 4.78 is 9.56. The van der Waals surface area contributed by atoms with E-state index >= 15 is 0 Å². The molecule has 0 saturated heterocycles. The Morgan fingerprint density at radius 3 is 2.88 bits per heavy atom. The molecule has 0 radical (unpaired) electrons. The molecule has 0 aliphatic carbocycles. The number of rotatable bonds is 3. The van der Waals surface area contributed by atoms with E-state index in [1.807, 2.05) is 0 Å². The number of nitrogens with zero attached hydrogens (tertiary/aromatic N) is 3. The summed E-state index contributed by atoms with van der Waals surface area (Å²) in [5.41, 5.74) is 1.10. The number of hydrogen-bond donors (Lipinski definition) is 1. The highest BCUT2D eigenvalue weighted by Crippen LogP contribution is 2.37. The number of fused-ring (bicyclic) bond motifs is 1. The summed E-state index contributed by atoms with van der Waals surface area (Å²) >= 11 is 1.17. The Hall–Kier alpha value is -3.39. The van der Waals surface area contributed by atoms with E-state index in [2.05, 4.69) is 11.4 Å². The summed E-state index contributed by atoms with van der Waals surface area (Å²) in [6.45, 7) is 0.687. The number of amides is 2. The molecule has 134 valence electrons. The number of thiophene rings is 1. The lowest BCUT2D eigenvalue weighted by Gasteiger charge is -2.25. The molecule has 0 spiro atoms. The SMILES string of the molecule is COC(=O)N1CCc2c(sc(NC(=O)c3ccc([N+](=O)[O-])o3)c2C#N)C1. The molecule has 0 unspecified atom stereocenters. The summed E-state index contributed by atoms with van der Waals surface area (Å²) in [6, 6.07) is 4.33. The second-order valence-corrected chi connectivity index (χ2v) is 6.42. The van der Waals surface area contributed by atoms with Crippen molar-refractivity contribution in [1.29, 1.82) is 5.26 Å². The maximum absolute atomic E-state index is 12.2. The van der Waals surface area contributed by atoms with Crippen LogP contribution in [0.1, 0.15) is 26.6 Å². The Kier molecular flexibility index (Phi) is 4.59. The van der Waals surface area contributed by atoms with Crippen molar-refractivity contribution in [3.63, 3.8) is 0 Å². The monoisotopic (exact) mass is 376 g/mol. The Morgan fingerprint density at radius 1 is 1.50 bits per heavy atom. The van der Waals surface area contributed by atoms with Crippen LogP contribution in [0.2, 0.25) is 0 Å². The van der Waals surface area contributed by atoms with Gasteiger partial charge in [0.05, 0.1) is 25.3 Å². The molecule has 2 aromatic heterocycles. The molecule has 2 aromatic rings. The van der Waals surface area contributed by atoms with Crippen LogP contribution in [0.4, 0.5) is 15.7 Å². The van der Waals surface area contributed by atoms with Gasteiger partial charge in [0.15, 0.2) is 5.76 Å². The van der Waals surface area contributed by atoms with Crippen molar-refractivity contribution in [3.8, 4) is 6.07 Å². The van der Waals surface area contributed by atoms with Gasteiger partial charge < -0.3 is 19.4 Å². The first-order valence-corrected chi connectivity index (χ1v) is 8.19. The van der Waals surface area contributed by atoms with Crippen molar-refractivity contribution in [1.82, 2.24) is 4.90 Å². The number of nitrogens with one attached hydrogen (secondary N) is 1. The molecule has 3 rings (SSSR count). The Balaban J connectivity index is 1.84. The van der Waals surface area contributed by atoms with E-state index in [0.29, 0.717) is 23.5 Å². The number of carbonyl (C=O) groups is 2. The second-order valence-electron chi connectivity index (χ2n) is 5.31. The fourth-order valence-electron chi connectivity index (χ4n) is 2.61. The molecule has 2 amide bonds. The van der Waals surface area contributed by atoms with Gasteiger partial charge in [-0.2, -0.15) is 5.26 Å². The second kappa shape index (κ2) is 6.85. The Bertz CT molecular complexity index is 941. The zero-order valence-corrected chi connectivity index (χ0v) is 14.3. The molecule has 0 atom stereocenters. The van der Waals surface area contributed by atoms with E-state index in [-0.39, 0.29) is 12.3 Å². The van der Waals surface area contributed by atoms with Gasteiger partial charge in [-0.05, 0) is 18.1 Å². The van der Waals surface area contributed by atoms with E-state index in [4.69, 9.17) is 9.15 Å². The third-order valence-corrected chi connectivity index (χ3v) is 4.96. The topological polar surface area (TPSA) is 139 Å². The average Bonchev–Trinajstić information content (AvgIpc) is 3.24. The summed E-state index contributed by atoms with van der Waals surface area (Å²) in [5.74, 6) is -1.48. The van der Waals surface area contributed by atoms with Crippen molar-refractivity contribution < 1.29 is 23.7 Å². The van der Waals surface area contributed by atoms with Crippen LogP contribution < -0.4 is 5.32 Å². The highest BCUT2D eigenvalue weighted by molar-refractivity contribution is 7.16. The van der Waals surface area contributed by atoms with Gasteiger partial charge in [0.25, 0.3) is 5.91 Å². The number of nitriles is 1. The number of nitro groups is 1. The highest BCUT2D eigenvalue weighted by atomic mass is 32.1. The van der Waals surface area contributed by atoms with Gasteiger partial charge in [-0.1, -0.05) is 0 Å². The minimum absolute atomic E-state index is 0.233. The molecule has 3 heterocycles. The lowest BCUT2D eigenvalue weighted by molar-refractivity contribution is -0.402. The normalized spacial score (nSPS) is 12.8. The summed E-state index contributed by atoms with van der Waals surface area (Å²) in [4.78, 5) is 36.1. The van der Waals surface area contributed by atoms with Crippen molar-refractivity contribution in [2.24, 2.45) is 0 Å². The van der Waals surface area contributed by atoms with Gasteiger partial charge >= 0.3 is 12.0 Å². The lowest BCUT2D eigenvalue weighted by atomic mass is 10.0. The number of carbonyl (C=O) groups excluding carboxylic acids is 2. The van der Waals surface area contributed by atoms with Crippen molar-refractivity contribution >= 4 is 34.2 Å². The van der Waals surface area contributed by atoms with Crippen LogP contribution in [0.5, 0.6) is 0 Å². The first-order chi connectivity index (χ1) is 12.4. The van der Waals surface area contributed by atoms with Crippen molar-refractivity contribution in [2.45, 2.75) is 13.0 Å². The molecule has 26 heavy (non-hydrogen) atoms. The van der Waals surface area contributed by atoms with Crippen LogP contribution in [-0.2, 0) is 17.7 Å². The van der Waals surface area contributed by atoms with Gasteiger partial charge in [0, 0.05) is 11.4 Å². The van der Waals surface area contributed by atoms with Crippen LogP contribution in [0.15, 0.2) is 16.5 Å². The largest absolute Gasteiger partial charge is 0.453 e. The Labute approximate surface area is 150 Å². The molecule has 0 bridgehead atoms. The summed E-state index contributed by atoms with van der Waals surface area (Å²) in [7, 11) is 1.29. The van der Waals surface area contributed by atoms with E-state index in [0.717, 1.165) is 16.5 Å². The molecule has 11 heteroatoms. The van der Waals surface area contributed by atoms with Gasteiger partial charge in [-0.25, -0.2) is 4.79 Å². The molecular weight excluding hydrogens is 364 g/mol. The van der Waals surface area contributed by atoms with E-state index < -0.39 is 22.8 Å². The number of ether oxygens (including phenoxy) is 1. The van der Waals surface area contributed by atoms with Gasteiger partial charge in [-0.15, -0.1) is 11.3 Å². The zero-order chi connectivity index (χ0) is 18.8. The maximum Gasteiger partial charge on any atom is 0.433 e. The van der Waals surface area contributed by atoms with Gasteiger partial charge in [-0.3, -0.25) is 14.9 Å². The first kappa shape index (κ1) is 17.4. The van der Waals surface area contributed by atoms with Crippen LogP contribution in [0, 0.1) is 21.4 Å². The Morgan fingerprint density at radius 2 is 2.27 bits per heavy atom. The quantitative estimate of drug-likeness (QED) is 0.641. The molecule has 10 nitrogen and oxygen atoms in total. The van der Waals surface area contributed by atoms with Crippen molar-refractivity contribution in [2.75, 3.05) is 19.0 Å². The van der Waals surface area contributed by atoms with Crippen LogP contribution in [-0.4, -0.2) is 35.5 Å². The number of hydrogen-bond acceptors (Lipinski definition) is 8. The lowest BCUT2D eigenvalue weighted by Crippen LogP contribution is -2.35. The third-order valence-electron chi connectivity index (χ3n) is 3.82. The predicted molar refractivity (Wildman–Crippen MR) is 88.9 cm³/mol. The van der Waals surface area contributed by atoms with Crippen LogP contribution in [0.25, 0.3) is 0 Å². The molecule has 1 aliphatic rings. The van der Waals surface area contributed by atoms with E-state index in [1.165, 1.54) is 29.4 Å². The maximum atomic E-state index is 12.2. The van der Waals surface area contributed by atoms with E-state index in [1.54, 1.807) is 0 Å². The highest BCUT2D eigenvalue weighted by Gasteiger charge is 2.28. The minimum Gasteiger partial charge on any atom is -0.453 e. The van der Waals surface area contributed by atoms with Gasteiger partial charge in [0.2, 0.25) is 0 Å². The van der Waals surface area contributed by atoms with Crippen molar-refractivity contribution in [3.05, 3.63) is 44.0 Å². The van der Waals surface area contributed by atoms with Crippen LogP contribution in [0.3, 0.4) is 0 Å². The average molecular weight is 376 g/mol. The minimum atomic E-state index is -0.747. The fourth-order valence-corrected chi connectivity index (χ4v) is 3.82. The standard InChI is InChI=1S/C15H12N4O6S/c1-24-15(21)18-5-4-8-9(6-16)14(26-11(8)7-18)17-13(20)10-2-3-12(25-10)19(22)23/h2-3H,4-5,7H2,1H3,(H,17,20). The first-order valence-electron chi connectivity index (χ1n) is 7.37. The number of methoxy groups -OCH3 is 1. The molecule has 0 saturated carbocycles. The molecular formula is C15H12N4O6S. The predicted octanol–water partition coefficient (Wildman–Crippen LogP) is 2.50. The fraction of sp³-hybridized carbons (Fsp3) is 0.267.